The van der Waals surface area contributed by atoms with Gasteiger partial charge >= 0.3 is 0 Å². The SMILES string of the molecule is CC#Cc1c2cc3cc(-c4ccc5cc6c(C#CC)c7cc8c(C)cccc8cc7c(C#CC)c6cc5c4)ccc3cc2c(C#CC)c2cc3c(C)cccc3cc12. The lowest BCUT2D eigenvalue weighted by Gasteiger charge is -2.15. The van der Waals surface area contributed by atoms with E-state index in [1.54, 1.807) is 0 Å². The number of aryl methyl sites for hydroxylation is 2. The molecule has 58 heavy (non-hydrogen) atoms. The van der Waals surface area contributed by atoms with Crippen molar-refractivity contribution in [2.45, 2.75) is 41.5 Å². The lowest BCUT2D eigenvalue weighted by atomic mass is 9.87. The van der Waals surface area contributed by atoms with Crippen molar-refractivity contribution in [1.82, 2.24) is 0 Å². The van der Waals surface area contributed by atoms with Crippen LogP contribution in [0.1, 0.15) is 61.1 Å². The molecule has 10 rings (SSSR count). The number of hydrogen-bond donors (Lipinski definition) is 0. The molecule has 0 nitrogen and oxygen atoms in total. The fourth-order valence-electron chi connectivity index (χ4n) is 9.19. The summed E-state index contributed by atoms with van der Waals surface area (Å²) < 4.78 is 0. The average molecular weight is 735 g/mol. The molecule has 0 fully saturated rings. The van der Waals surface area contributed by atoms with Crippen molar-refractivity contribution in [3.05, 3.63) is 155 Å². The smallest absolute Gasteiger partial charge is 0.0403 e. The van der Waals surface area contributed by atoms with Crippen LogP contribution in [0.3, 0.4) is 0 Å². The summed E-state index contributed by atoms with van der Waals surface area (Å²) in [4.78, 5) is 0. The van der Waals surface area contributed by atoms with Gasteiger partial charge in [-0.15, -0.1) is 23.7 Å². The summed E-state index contributed by atoms with van der Waals surface area (Å²) in [5, 5.41) is 18.8. The van der Waals surface area contributed by atoms with Crippen molar-refractivity contribution in [2.24, 2.45) is 0 Å². The topological polar surface area (TPSA) is 0 Å². The zero-order valence-corrected chi connectivity index (χ0v) is 33.5. The summed E-state index contributed by atoms with van der Waals surface area (Å²) in [7, 11) is 0. The van der Waals surface area contributed by atoms with Gasteiger partial charge in [0.15, 0.2) is 0 Å². The van der Waals surface area contributed by atoms with Gasteiger partial charge in [0.25, 0.3) is 0 Å². The highest BCUT2D eigenvalue weighted by atomic mass is 14.2. The van der Waals surface area contributed by atoms with E-state index in [9.17, 15) is 0 Å². The molecule has 0 heteroatoms. The number of hydrogen-bond acceptors (Lipinski definition) is 0. The van der Waals surface area contributed by atoms with E-state index in [1.807, 2.05) is 27.7 Å². The van der Waals surface area contributed by atoms with Crippen LogP contribution in [0.15, 0.2) is 121 Å². The van der Waals surface area contributed by atoms with E-state index in [-0.39, 0.29) is 0 Å². The van der Waals surface area contributed by atoms with Gasteiger partial charge in [-0.3, -0.25) is 0 Å². The number of rotatable bonds is 1. The highest BCUT2D eigenvalue weighted by molar-refractivity contribution is 6.18. The van der Waals surface area contributed by atoms with Gasteiger partial charge in [0, 0.05) is 22.3 Å². The summed E-state index contributed by atoms with van der Waals surface area (Å²) >= 11 is 0. The molecular formula is C58H38. The van der Waals surface area contributed by atoms with Crippen LogP contribution in [0.2, 0.25) is 0 Å². The van der Waals surface area contributed by atoms with Crippen molar-refractivity contribution >= 4 is 86.2 Å². The molecule has 0 spiro atoms. The highest BCUT2D eigenvalue weighted by Gasteiger charge is 2.17. The normalized spacial score (nSPS) is 11.1. The van der Waals surface area contributed by atoms with Crippen LogP contribution in [0, 0.1) is 61.2 Å². The number of benzene rings is 10. The van der Waals surface area contributed by atoms with Crippen LogP contribution >= 0.6 is 0 Å². The molecule has 10 aromatic rings. The van der Waals surface area contributed by atoms with Crippen LogP contribution in [-0.4, -0.2) is 0 Å². The predicted octanol–water partition coefficient (Wildman–Crippen LogP) is 14.7. The van der Waals surface area contributed by atoms with Gasteiger partial charge in [-0.2, -0.15) is 0 Å². The first kappa shape index (κ1) is 35.0. The first-order chi connectivity index (χ1) is 28.4. The molecule has 0 aromatic heterocycles. The molecule has 0 N–H and O–H groups in total. The molecule has 270 valence electrons. The van der Waals surface area contributed by atoms with Gasteiger partial charge < -0.3 is 0 Å². The first-order valence-corrected chi connectivity index (χ1v) is 19.8. The third kappa shape index (κ3) is 5.39. The lowest BCUT2D eigenvalue weighted by molar-refractivity contribution is 1.54. The zero-order chi connectivity index (χ0) is 39.7. The van der Waals surface area contributed by atoms with E-state index in [2.05, 4.69) is 183 Å². The van der Waals surface area contributed by atoms with E-state index < -0.39 is 0 Å². The highest BCUT2D eigenvalue weighted by Crippen LogP contribution is 2.41. The second kappa shape index (κ2) is 13.6. The largest absolute Gasteiger partial charge is 0.101 e. The molecule has 0 saturated carbocycles. The van der Waals surface area contributed by atoms with Crippen molar-refractivity contribution < 1.29 is 0 Å². The third-order valence-corrected chi connectivity index (χ3v) is 11.9. The van der Waals surface area contributed by atoms with E-state index in [0.29, 0.717) is 0 Å². The molecule has 10 aromatic carbocycles. The molecule has 0 saturated heterocycles. The Morgan fingerprint density at radius 3 is 0.931 bits per heavy atom. The van der Waals surface area contributed by atoms with E-state index in [0.717, 1.165) is 65.3 Å². The Bertz CT molecular complexity index is 3500. The predicted molar refractivity (Wildman–Crippen MR) is 252 cm³/mol. The van der Waals surface area contributed by atoms with Gasteiger partial charge in [0.05, 0.1) is 0 Å². The zero-order valence-electron chi connectivity index (χ0n) is 33.5. The van der Waals surface area contributed by atoms with Crippen molar-refractivity contribution in [2.75, 3.05) is 0 Å². The summed E-state index contributed by atoms with van der Waals surface area (Å²) in [6.07, 6.45) is 0. The van der Waals surface area contributed by atoms with Crippen LogP contribution < -0.4 is 0 Å². The minimum absolute atomic E-state index is 1.05. The maximum absolute atomic E-state index is 3.52. The van der Waals surface area contributed by atoms with Gasteiger partial charge in [-0.05, 0) is 211 Å². The quantitative estimate of drug-likeness (QED) is 0.116. The van der Waals surface area contributed by atoms with Crippen molar-refractivity contribution in [3.63, 3.8) is 0 Å². The maximum Gasteiger partial charge on any atom is 0.0403 e. The Balaban J connectivity index is 1.19. The summed E-state index contributed by atoms with van der Waals surface area (Å²) in [6, 6.07) is 45.2. The summed E-state index contributed by atoms with van der Waals surface area (Å²) in [5.41, 5.74) is 9.07. The third-order valence-electron chi connectivity index (χ3n) is 11.9. The van der Waals surface area contributed by atoms with E-state index >= 15 is 0 Å². The maximum atomic E-state index is 3.52. The van der Waals surface area contributed by atoms with Gasteiger partial charge in [-0.25, -0.2) is 0 Å². The molecule has 0 amide bonds. The molecular weight excluding hydrogens is 697 g/mol. The molecule has 0 heterocycles. The second-order valence-electron chi connectivity index (χ2n) is 15.3. The fraction of sp³-hybridized carbons (Fsp3) is 0.103. The Morgan fingerprint density at radius 2 is 0.586 bits per heavy atom. The van der Waals surface area contributed by atoms with E-state index in [4.69, 9.17) is 0 Å². The minimum Gasteiger partial charge on any atom is -0.101 e. The standard InChI is InChI=1S/C58H38/c1-7-13-45-53-29-41-19-11-17-35(5)49(41)33-57(53)47(15-9-3)51-27-39-23-21-37(25-43(39)31-55(45)51)38-22-24-40-28-52-48(16-10-4)58-34-50-36(6)18-12-20-42(50)30-54(58)46(14-8-2)56(52)32-44(40)26-38/h11-12,17-34H,1-6H3. The second-order valence-corrected chi connectivity index (χ2v) is 15.3. The molecule has 0 aliphatic heterocycles. The molecule has 0 atom stereocenters. The minimum atomic E-state index is 1.05. The fourth-order valence-corrected chi connectivity index (χ4v) is 9.19. The Labute approximate surface area is 339 Å². The lowest BCUT2D eigenvalue weighted by Crippen LogP contribution is -1.93. The Hall–Kier alpha value is -7.48. The van der Waals surface area contributed by atoms with Crippen LogP contribution in [0.4, 0.5) is 0 Å². The molecule has 0 aliphatic rings. The van der Waals surface area contributed by atoms with Gasteiger partial charge in [0.1, 0.15) is 0 Å². The summed E-state index contributed by atoms with van der Waals surface area (Å²) in [5.74, 6) is 27.0. The van der Waals surface area contributed by atoms with Crippen molar-refractivity contribution in [3.8, 4) is 58.5 Å². The molecule has 0 aliphatic carbocycles. The van der Waals surface area contributed by atoms with E-state index in [1.165, 1.54) is 65.3 Å². The Kier molecular flexibility index (Phi) is 8.21. The molecule has 0 unspecified atom stereocenters. The van der Waals surface area contributed by atoms with Gasteiger partial charge in [-0.1, -0.05) is 84.3 Å². The average Bonchev–Trinajstić information content (AvgIpc) is 3.24. The van der Waals surface area contributed by atoms with Gasteiger partial charge in [0.2, 0.25) is 0 Å². The van der Waals surface area contributed by atoms with Crippen LogP contribution in [0.5, 0.6) is 0 Å². The molecule has 0 bridgehead atoms. The monoisotopic (exact) mass is 734 g/mol. The Morgan fingerprint density at radius 1 is 0.276 bits per heavy atom. The summed E-state index contributed by atoms with van der Waals surface area (Å²) in [6.45, 7) is 12.0. The first-order valence-electron chi connectivity index (χ1n) is 19.8. The van der Waals surface area contributed by atoms with Crippen LogP contribution in [-0.2, 0) is 0 Å². The number of fused-ring (bicyclic) bond motifs is 8. The van der Waals surface area contributed by atoms with Crippen molar-refractivity contribution in [1.29, 1.82) is 0 Å². The van der Waals surface area contributed by atoms with Crippen LogP contribution in [0.25, 0.3) is 97.3 Å². The molecule has 0 radical (unpaired) electrons.